The molecule has 0 bridgehead atoms. The highest BCUT2D eigenvalue weighted by molar-refractivity contribution is 6.54. The van der Waals surface area contributed by atoms with Crippen LogP contribution in [-0.2, 0) is 0 Å². The van der Waals surface area contributed by atoms with Crippen molar-refractivity contribution in [1.82, 2.24) is 0 Å². The lowest BCUT2D eigenvalue weighted by Gasteiger charge is -2.19. The largest absolute Gasteiger partial charge is 0.285 e. The predicted molar refractivity (Wildman–Crippen MR) is 78.0 cm³/mol. The van der Waals surface area contributed by atoms with E-state index in [1.165, 1.54) is 0 Å². The van der Waals surface area contributed by atoms with Gasteiger partial charge in [0.05, 0.1) is 0 Å². The second kappa shape index (κ2) is 3.87. The van der Waals surface area contributed by atoms with Crippen LogP contribution in [0.15, 0.2) is 60.7 Å². The molecule has 1 aliphatic rings. The molecule has 0 atom stereocenters. The van der Waals surface area contributed by atoms with E-state index in [9.17, 15) is 9.59 Å². The zero-order valence-electron chi connectivity index (χ0n) is 10.6. The number of rotatable bonds is 0. The topological polar surface area (TPSA) is 34.1 Å². The average Bonchev–Trinajstić information content (AvgIpc) is 2.51. The summed E-state index contributed by atoms with van der Waals surface area (Å²) in [5.41, 5.74) is 2.73. The van der Waals surface area contributed by atoms with Crippen molar-refractivity contribution in [2.45, 2.75) is 0 Å². The fourth-order valence-corrected chi connectivity index (χ4v) is 2.89. The molecule has 1 aliphatic carbocycles. The van der Waals surface area contributed by atoms with Gasteiger partial charge in [0.2, 0.25) is 11.6 Å². The maximum atomic E-state index is 12.4. The molecule has 0 saturated heterocycles. The molecule has 3 aromatic rings. The Kier molecular flexibility index (Phi) is 2.15. The van der Waals surface area contributed by atoms with Crippen LogP contribution in [0, 0.1) is 0 Å². The summed E-state index contributed by atoms with van der Waals surface area (Å²) >= 11 is 0. The van der Waals surface area contributed by atoms with E-state index in [0.29, 0.717) is 11.1 Å². The summed E-state index contributed by atoms with van der Waals surface area (Å²) in [7, 11) is 0. The van der Waals surface area contributed by atoms with Crippen molar-refractivity contribution in [2.75, 3.05) is 0 Å². The number of hydrogen-bond donors (Lipinski definition) is 0. The van der Waals surface area contributed by atoms with Gasteiger partial charge in [-0.2, -0.15) is 0 Å². The highest BCUT2D eigenvalue weighted by Crippen LogP contribution is 2.37. The average molecular weight is 258 g/mol. The van der Waals surface area contributed by atoms with Gasteiger partial charge in [0.15, 0.2) is 0 Å². The standard InChI is InChI=1S/C18H10O2/c19-17-15-8-4-3-7-13(15)14-10-9-11-5-1-2-6-12(11)16(14)18(17)20/h1-10H. The lowest BCUT2D eigenvalue weighted by Crippen LogP contribution is -2.21. The third-order valence-corrected chi connectivity index (χ3v) is 3.82. The summed E-state index contributed by atoms with van der Waals surface area (Å²) in [5, 5.41) is 1.82. The molecule has 94 valence electrons. The molecule has 2 heteroatoms. The van der Waals surface area contributed by atoms with Gasteiger partial charge in [0, 0.05) is 11.1 Å². The minimum absolute atomic E-state index is 0.407. The summed E-state index contributed by atoms with van der Waals surface area (Å²) in [6.45, 7) is 0. The Morgan fingerprint density at radius 2 is 1.25 bits per heavy atom. The Labute approximate surface area is 115 Å². The van der Waals surface area contributed by atoms with Gasteiger partial charge in [-0.15, -0.1) is 0 Å². The summed E-state index contributed by atoms with van der Waals surface area (Å²) in [4.78, 5) is 24.7. The number of carbonyl (C=O) groups excluding carboxylic acids is 2. The SMILES string of the molecule is O=C1C(=O)c2c(ccc3ccccc23)-c2ccccc21. The van der Waals surface area contributed by atoms with Crippen molar-refractivity contribution in [3.8, 4) is 11.1 Å². The molecule has 0 spiro atoms. The van der Waals surface area contributed by atoms with Crippen LogP contribution in [0.4, 0.5) is 0 Å². The highest BCUT2D eigenvalue weighted by atomic mass is 16.2. The van der Waals surface area contributed by atoms with Crippen LogP contribution in [0.2, 0.25) is 0 Å². The number of carbonyl (C=O) groups is 2. The molecule has 2 nitrogen and oxygen atoms in total. The van der Waals surface area contributed by atoms with Gasteiger partial charge in [0.1, 0.15) is 0 Å². The Morgan fingerprint density at radius 1 is 0.550 bits per heavy atom. The van der Waals surface area contributed by atoms with Crippen LogP contribution in [0.5, 0.6) is 0 Å². The summed E-state index contributed by atoms with van der Waals surface area (Å²) in [6, 6.07) is 18.9. The van der Waals surface area contributed by atoms with Gasteiger partial charge in [-0.1, -0.05) is 60.7 Å². The van der Waals surface area contributed by atoms with Gasteiger partial charge in [-0.25, -0.2) is 0 Å². The number of ketones is 2. The quantitative estimate of drug-likeness (QED) is 0.573. The molecule has 20 heavy (non-hydrogen) atoms. The molecule has 4 rings (SSSR count). The first-order valence-electron chi connectivity index (χ1n) is 6.47. The Hall–Kier alpha value is -2.74. The lowest BCUT2D eigenvalue weighted by atomic mass is 9.81. The van der Waals surface area contributed by atoms with Crippen LogP contribution in [0.1, 0.15) is 20.7 Å². The second-order valence-corrected chi connectivity index (χ2v) is 4.91. The number of fused-ring (bicyclic) bond motifs is 5. The van der Waals surface area contributed by atoms with E-state index in [-0.39, 0.29) is 0 Å². The van der Waals surface area contributed by atoms with Crippen LogP contribution < -0.4 is 0 Å². The van der Waals surface area contributed by atoms with E-state index in [1.54, 1.807) is 12.1 Å². The van der Waals surface area contributed by atoms with Crippen molar-refractivity contribution >= 4 is 22.3 Å². The van der Waals surface area contributed by atoms with Gasteiger partial charge < -0.3 is 0 Å². The Balaban J connectivity index is 2.19. The summed E-state index contributed by atoms with van der Waals surface area (Å²) in [6.07, 6.45) is 0. The lowest BCUT2D eigenvalue weighted by molar-refractivity contribution is 0.0816. The van der Waals surface area contributed by atoms with Crippen LogP contribution >= 0.6 is 0 Å². The molecule has 0 aromatic heterocycles. The first-order valence-corrected chi connectivity index (χ1v) is 6.47. The first kappa shape index (κ1) is 11.1. The van der Waals surface area contributed by atoms with E-state index in [0.717, 1.165) is 21.9 Å². The first-order chi connectivity index (χ1) is 9.77. The molecule has 0 aliphatic heterocycles. The third kappa shape index (κ3) is 1.33. The zero-order valence-corrected chi connectivity index (χ0v) is 10.6. The van der Waals surface area contributed by atoms with Crippen molar-refractivity contribution in [1.29, 1.82) is 0 Å². The number of Topliss-reactive ketones (excluding diaryl/α,β-unsaturated/α-hetero) is 2. The van der Waals surface area contributed by atoms with E-state index in [1.807, 2.05) is 48.5 Å². The van der Waals surface area contributed by atoms with Crippen LogP contribution in [-0.4, -0.2) is 11.6 Å². The van der Waals surface area contributed by atoms with E-state index >= 15 is 0 Å². The fourth-order valence-electron chi connectivity index (χ4n) is 2.89. The van der Waals surface area contributed by atoms with Gasteiger partial charge >= 0.3 is 0 Å². The Morgan fingerprint density at radius 3 is 2.10 bits per heavy atom. The van der Waals surface area contributed by atoms with Gasteiger partial charge in [0.25, 0.3) is 0 Å². The molecule has 0 saturated carbocycles. The highest BCUT2D eigenvalue weighted by Gasteiger charge is 2.31. The van der Waals surface area contributed by atoms with E-state index in [4.69, 9.17) is 0 Å². The van der Waals surface area contributed by atoms with Crippen LogP contribution in [0.25, 0.3) is 21.9 Å². The monoisotopic (exact) mass is 258 g/mol. The zero-order chi connectivity index (χ0) is 13.7. The fraction of sp³-hybridized carbons (Fsp3) is 0. The summed E-state index contributed by atoms with van der Waals surface area (Å²) < 4.78 is 0. The predicted octanol–water partition coefficient (Wildman–Crippen LogP) is 3.89. The molecule has 3 aromatic carbocycles. The van der Waals surface area contributed by atoms with Crippen molar-refractivity contribution in [2.24, 2.45) is 0 Å². The third-order valence-electron chi connectivity index (χ3n) is 3.82. The van der Waals surface area contributed by atoms with E-state index < -0.39 is 11.6 Å². The van der Waals surface area contributed by atoms with Gasteiger partial charge in [-0.3, -0.25) is 9.59 Å². The Bertz CT molecular complexity index is 891. The van der Waals surface area contributed by atoms with Crippen LogP contribution in [0.3, 0.4) is 0 Å². The van der Waals surface area contributed by atoms with E-state index in [2.05, 4.69) is 0 Å². The molecule has 0 heterocycles. The molecule has 0 N–H and O–H groups in total. The second-order valence-electron chi connectivity index (χ2n) is 4.91. The van der Waals surface area contributed by atoms with Gasteiger partial charge in [-0.05, 0) is 21.9 Å². The maximum absolute atomic E-state index is 12.4. The van der Waals surface area contributed by atoms with Crippen molar-refractivity contribution in [3.63, 3.8) is 0 Å². The maximum Gasteiger partial charge on any atom is 0.234 e. The number of hydrogen-bond acceptors (Lipinski definition) is 2. The minimum Gasteiger partial charge on any atom is -0.285 e. The molecule has 0 fully saturated rings. The molecule has 0 unspecified atom stereocenters. The molecular formula is C18H10O2. The smallest absolute Gasteiger partial charge is 0.234 e. The minimum atomic E-state index is -0.413. The van der Waals surface area contributed by atoms with Crippen molar-refractivity contribution in [3.05, 3.63) is 71.8 Å². The summed E-state index contributed by atoms with van der Waals surface area (Å²) in [5.74, 6) is -0.819. The molecular weight excluding hydrogens is 248 g/mol. The molecule has 0 amide bonds. The normalized spacial score (nSPS) is 13.2. The molecule has 0 radical (unpaired) electrons. The van der Waals surface area contributed by atoms with Crippen molar-refractivity contribution < 1.29 is 9.59 Å². The number of benzene rings is 3.